The molecular weight excluding hydrogens is 290 g/mol. The van der Waals surface area contributed by atoms with Crippen LogP contribution in [-0.4, -0.2) is 14.3 Å². The minimum atomic E-state index is -3.79. The summed E-state index contributed by atoms with van der Waals surface area (Å²) in [5.74, 6) is -0.271. The van der Waals surface area contributed by atoms with Gasteiger partial charge in [0.2, 0.25) is 15.9 Å². The third kappa shape index (κ3) is 4.30. The van der Waals surface area contributed by atoms with Gasteiger partial charge >= 0.3 is 0 Å². The lowest BCUT2D eigenvalue weighted by Crippen LogP contribution is -2.16. The van der Waals surface area contributed by atoms with Gasteiger partial charge in [-0.15, -0.1) is 0 Å². The normalized spacial score (nSPS) is 11.1. The zero-order chi connectivity index (χ0) is 15.5. The highest BCUT2D eigenvalue weighted by Crippen LogP contribution is 2.15. The van der Waals surface area contributed by atoms with Crippen LogP contribution in [0.2, 0.25) is 0 Å². The second-order valence-electron chi connectivity index (χ2n) is 4.54. The number of anilines is 2. The summed E-state index contributed by atoms with van der Waals surface area (Å²) in [7, 11) is -3.79. The predicted octanol–water partition coefficient (Wildman–Crippen LogP) is 1.10. The molecule has 1 amide bonds. The second-order valence-corrected chi connectivity index (χ2v) is 6.10. The first kappa shape index (κ1) is 15.0. The zero-order valence-electron chi connectivity index (χ0n) is 11.1. The fourth-order valence-electron chi connectivity index (χ4n) is 1.84. The Kier molecular flexibility index (Phi) is 4.25. The molecule has 0 atom stereocenters. The smallest absolute Gasteiger partial charge is 0.238 e. The van der Waals surface area contributed by atoms with Crippen molar-refractivity contribution >= 4 is 27.3 Å². The monoisotopic (exact) mass is 305 g/mol. The molecule has 0 radical (unpaired) electrons. The first-order chi connectivity index (χ1) is 9.84. The molecule has 7 heteroatoms. The first-order valence-corrected chi connectivity index (χ1v) is 7.66. The number of amides is 1. The quantitative estimate of drug-likeness (QED) is 0.733. The summed E-state index contributed by atoms with van der Waals surface area (Å²) < 4.78 is 22.5. The number of rotatable bonds is 4. The highest BCUT2D eigenvalue weighted by atomic mass is 32.2. The lowest BCUT2D eigenvalue weighted by molar-refractivity contribution is -0.115. The third-order valence-corrected chi connectivity index (χ3v) is 3.67. The molecule has 110 valence electrons. The van der Waals surface area contributed by atoms with Gasteiger partial charge in [0, 0.05) is 11.4 Å². The van der Waals surface area contributed by atoms with Crippen LogP contribution in [0.15, 0.2) is 53.4 Å². The Morgan fingerprint density at radius 1 is 1.10 bits per heavy atom. The lowest BCUT2D eigenvalue weighted by atomic mass is 10.1. The summed E-state index contributed by atoms with van der Waals surface area (Å²) in [4.78, 5) is 11.9. The summed E-state index contributed by atoms with van der Waals surface area (Å²) >= 11 is 0. The topological polar surface area (TPSA) is 115 Å². The molecule has 21 heavy (non-hydrogen) atoms. The Hall–Kier alpha value is -2.38. The molecule has 6 nitrogen and oxygen atoms in total. The molecule has 0 fully saturated rings. The average molecular weight is 305 g/mol. The molecule has 0 aliphatic rings. The standard InChI is InChI=1S/C14H15N3O3S/c15-11-4-1-3-10(7-11)8-14(18)17-12-5-2-6-13(9-12)21(16,19)20/h1-7,9H,8,15H2,(H,17,18)(H2,16,19,20). The Morgan fingerprint density at radius 3 is 2.48 bits per heavy atom. The number of nitrogens with two attached hydrogens (primary N) is 2. The molecule has 2 aromatic carbocycles. The maximum absolute atomic E-state index is 11.9. The van der Waals surface area contributed by atoms with E-state index in [2.05, 4.69) is 5.32 Å². The highest BCUT2D eigenvalue weighted by molar-refractivity contribution is 7.89. The Labute approximate surface area is 122 Å². The maximum Gasteiger partial charge on any atom is 0.238 e. The van der Waals surface area contributed by atoms with E-state index in [4.69, 9.17) is 10.9 Å². The van der Waals surface area contributed by atoms with Crippen LogP contribution < -0.4 is 16.2 Å². The van der Waals surface area contributed by atoms with Crippen LogP contribution in [0.3, 0.4) is 0 Å². The van der Waals surface area contributed by atoms with E-state index in [0.717, 1.165) is 5.56 Å². The SMILES string of the molecule is Nc1cccc(CC(=O)Nc2cccc(S(N)(=O)=O)c2)c1. The van der Waals surface area contributed by atoms with Gasteiger partial charge in [-0.3, -0.25) is 4.79 Å². The molecule has 0 spiro atoms. The maximum atomic E-state index is 11.9. The van der Waals surface area contributed by atoms with Crippen LogP contribution in [-0.2, 0) is 21.2 Å². The van der Waals surface area contributed by atoms with Crippen LogP contribution in [0.25, 0.3) is 0 Å². The Balaban J connectivity index is 2.10. The fourth-order valence-corrected chi connectivity index (χ4v) is 2.40. The van der Waals surface area contributed by atoms with E-state index in [0.29, 0.717) is 11.4 Å². The van der Waals surface area contributed by atoms with Gasteiger partial charge in [0.15, 0.2) is 0 Å². The van der Waals surface area contributed by atoms with Gasteiger partial charge in [-0.2, -0.15) is 0 Å². The summed E-state index contributed by atoms with van der Waals surface area (Å²) in [5, 5.41) is 7.66. The van der Waals surface area contributed by atoms with Crippen molar-refractivity contribution < 1.29 is 13.2 Å². The van der Waals surface area contributed by atoms with Crippen molar-refractivity contribution in [2.45, 2.75) is 11.3 Å². The summed E-state index contributed by atoms with van der Waals surface area (Å²) in [5.41, 5.74) is 7.37. The summed E-state index contributed by atoms with van der Waals surface area (Å²) in [6.45, 7) is 0. The van der Waals surface area contributed by atoms with Gasteiger partial charge in [-0.1, -0.05) is 18.2 Å². The molecule has 5 N–H and O–H groups in total. The van der Waals surface area contributed by atoms with Crippen molar-refractivity contribution in [1.82, 2.24) is 0 Å². The molecule has 0 heterocycles. The van der Waals surface area contributed by atoms with Crippen molar-refractivity contribution in [2.24, 2.45) is 5.14 Å². The molecule has 0 unspecified atom stereocenters. The minimum Gasteiger partial charge on any atom is -0.399 e. The molecule has 0 saturated carbocycles. The number of benzene rings is 2. The molecule has 2 rings (SSSR count). The van der Waals surface area contributed by atoms with E-state index < -0.39 is 10.0 Å². The molecule has 2 aromatic rings. The lowest BCUT2D eigenvalue weighted by Gasteiger charge is -2.07. The van der Waals surface area contributed by atoms with Gasteiger partial charge in [0.1, 0.15) is 0 Å². The van der Waals surface area contributed by atoms with Gasteiger partial charge in [0.25, 0.3) is 0 Å². The van der Waals surface area contributed by atoms with Crippen molar-refractivity contribution in [3.05, 3.63) is 54.1 Å². The van der Waals surface area contributed by atoms with Gasteiger partial charge in [0.05, 0.1) is 11.3 Å². The van der Waals surface area contributed by atoms with E-state index >= 15 is 0 Å². The number of carbonyl (C=O) groups excluding carboxylic acids is 1. The van der Waals surface area contributed by atoms with Crippen LogP contribution in [0.1, 0.15) is 5.56 Å². The number of nitrogen functional groups attached to an aromatic ring is 1. The van der Waals surface area contributed by atoms with Gasteiger partial charge in [-0.05, 0) is 35.9 Å². The number of sulfonamides is 1. The summed E-state index contributed by atoms with van der Waals surface area (Å²) in [6.07, 6.45) is 0.143. The number of hydrogen-bond acceptors (Lipinski definition) is 4. The van der Waals surface area contributed by atoms with Crippen LogP contribution in [0, 0.1) is 0 Å². The molecule has 0 aliphatic carbocycles. The van der Waals surface area contributed by atoms with Gasteiger partial charge in [-0.25, -0.2) is 13.6 Å². The second kappa shape index (κ2) is 5.94. The number of primary sulfonamides is 1. The van der Waals surface area contributed by atoms with Crippen molar-refractivity contribution in [3.8, 4) is 0 Å². The average Bonchev–Trinajstić information content (AvgIpc) is 2.37. The Morgan fingerprint density at radius 2 is 1.81 bits per heavy atom. The number of hydrogen-bond donors (Lipinski definition) is 3. The summed E-state index contributed by atoms with van der Waals surface area (Å²) in [6, 6.07) is 12.8. The van der Waals surface area contributed by atoms with Crippen molar-refractivity contribution in [2.75, 3.05) is 11.1 Å². The number of carbonyl (C=O) groups is 1. The molecule has 0 saturated heterocycles. The van der Waals surface area contributed by atoms with Crippen molar-refractivity contribution in [1.29, 1.82) is 0 Å². The molecule has 0 bridgehead atoms. The first-order valence-electron chi connectivity index (χ1n) is 6.12. The third-order valence-electron chi connectivity index (χ3n) is 2.76. The fraction of sp³-hybridized carbons (Fsp3) is 0.0714. The van der Waals surface area contributed by atoms with Crippen LogP contribution in [0.5, 0.6) is 0 Å². The van der Waals surface area contributed by atoms with Gasteiger partial charge < -0.3 is 11.1 Å². The van der Waals surface area contributed by atoms with Crippen LogP contribution >= 0.6 is 0 Å². The number of nitrogens with one attached hydrogen (secondary N) is 1. The van der Waals surface area contributed by atoms with Crippen molar-refractivity contribution in [3.63, 3.8) is 0 Å². The predicted molar refractivity (Wildman–Crippen MR) is 81.0 cm³/mol. The highest BCUT2D eigenvalue weighted by Gasteiger charge is 2.10. The van der Waals surface area contributed by atoms with E-state index in [9.17, 15) is 13.2 Å². The molecule has 0 aromatic heterocycles. The van der Waals surface area contributed by atoms with Crippen LogP contribution in [0.4, 0.5) is 11.4 Å². The molecular formula is C14H15N3O3S. The van der Waals surface area contributed by atoms with E-state index in [1.54, 1.807) is 30.3 Å². The molecule has 0 aliphatic heterocycles. The minimum absolute atomic E-state index is 0.0516. The zero-order valence-corrected chi connectivity index (χ0v) is 11.9. The van der Waals surface area contributed by atoms with E-state index in [-0.39, 0.29) is 17.2 Å². The van der Waals surface area contributed by atoms with E-state index in [1.165, 1.54) is 18.2 Å². The largest absolute Gasteiger partial charge is 0.399 e. The Bertz CT molecular complexity index is 773. The van der Waals surface area contributed by atoms with E-state index in [1.807, 2.05) is 0 Å².